The van der Waals surface area contributed by atoms with E-state index in [1.807, 2.05) is 6.07 Å². The molecule has 0 aliphatic carbocycles. The highest BCUT2D eigenvalue weighted by Crippen LogP contribution is 2.34. The van der Waals surface area contributed by atoms with Crippen molar-refractivity contribution in [1.29, 1.82) is 0 Å². The molecule has 0 unspecified atom stereocenters. The van der Waals surface area contributed by atoms with Crippen molar-refractivity contribution < 1.29 is 35.5 Å². The van der Waals surface area contributed by atoms with E-state index in [1.54, 1.807) is 84.9 Å². The number of urea groups is 1. The Morgan fingerprint density at radius 3 is 1.67 bits per heavy atom. The molecule has 0 saturated heterocycles. The number of fused-ring (bicyclic) bond motifs is 2. The predicted molar refractivity (Wildman–Crippen MR) is 195 cm³/mol. The van der Waals surface area contributed by atoms with E-state index in [0.717, 1.165) is 0 Å². The summed E-state index contributed by atoms with van der Waals surface area (Å²) in [4.78, 5) is 23.4. The molecule has 0 aliphatic rings. The molecular weight excluding hydrogens is 697 g/mol. The monoisotopic (exact) mass is 724 g/mol. The van der Waals surface area contributed by atoms with Gasteiger partial charge in [-0.1, -0.05) is 30.3 Å². The van der Waals surface area contributed by atoms with Crippen LogP contribution in [0.2, 0.25) is 0 Å². The summed E-state index contributed by atoms with van der Waals surface area (Å²) < 4.78 is 68.9. The lowest BCUT2D eigenvalue weighted by atomic mass is 10.1. The van der Waals surface area contributed by atoms with Crippen LogP contribution in [0.15, 0.2) is 135 Å². The Morgan fingerprint density at radius 2 is 1.10 bits per heavy atom. The summed E-state index contributed by atoms with van der Waals surface area (Å²) in [6.07, 6.45) is 0. The minimum Gasteiger partial charge on any atom is -0.354 e. The van der Waals surface area contributed by atoms with Crippen LogP contribution in [-0.2, 0) is 25.0 Å². The molecule has 16 heteroatoms. The van der Waals surface area contributed by atoms with Crippen LogP contribution in [0, 0.1) is 0 Å². The number of rotatable bonds is 9. The quantitative estimate of drug-likeness (QED) is 0.0624. The van der Waals surface area contributed by atoms with Gasteiger partial charge in [-0.3, -0.25) is 13.9 Å². The van der Waals surface area contributed by atoms with Crippen molar-refractivity contribution in [2.75, 3.05) is 21.3 Å². The summed E-state index contributed by atoms with van der Waals surface area (Å²) in [7, 11) is -9.35. The molecule has 0 fully saturated rings. The molecular formula is C35H28N6O8S2. The van der Waals surface area contributed by atoms with Gasteiger partial charge >= 0.3 is 6.03 Å². The highest BCUT2D eigenvalue weighted by molar-refractivity contribution is 7.86. The Morgan fingerprint density at radius 1 is 0.549 bits per heavy atom. The molecule has 6 rings (SSSR count). The van der Waals surface area contributed by atoms with Crippen LogP contribution in [0.3, 0.4) is 0 Å². The third-order valence-corrected chi connectivity index (χ3v) is 9.22. The molecule has 0 spiro atoms. The lowest BCUT2D eigenvalue weighted by Gasteiger charge is -2.13. The highest BCUT2D eigenvalue weighted by Gasteiger charge is 2.19. The minimum atomic E-state index is -4.73. The van der Waals surface area contributed by atoms with Crippen LogP contribution in [0.25, 0.3) is 21.5 Å². The second-order valence-electron chi connectivity index (χ2n) is 11.2. The largest absolute Gasteiger partial charge is 0.354 e. The molecule has 258 valence electrons. The zero-order valence-electron chi connectivity index (χ0n) is 26.5. The fourth-order valence-electron chi connectivity index (χ4n) is 5.19. The number of nitrogens with zero attached hydrogens (tertiary/aromatic N) is 2. The Labute approximate surface area is 291 Å². The fraction of sp³-hybridized carbons (Fsp3) is 0.0286. The topological polar surface area (TPSA) is 216 Å². The molecule has 0 aliphatic heterocycles. The summed E-state index contributed by atoms with van der Waals surface area (Å²) in [5.41, 5.74) is 2.19. The van der Waals surface area contributed by atoms with E-state index in [2.05, 4.69) is 31.5 Å². The molecule has 0 bridgehead atoms. The number of benzene rings is 6. The van der Waals surface area contributed by atoms with E-state index in [-0.39, 0.29) is 22.2 Å². The van der Waals surface area contributed by atoms with Crippen LogP contribution in [0.1, 0.15) is 6.92 Å². The van der Waals surface area contributed by atoms with Gasteiger partial charge in [0.05, 0.1) is 11.4 Å². The van der Waals surface area contributed by atoms with Crippen LogP contribution in [0.5, 0.6) is 0 Å². The number of hydrogen-bond donors (Lipinski definition) is 6. The van der Waals surface area contributed by atoms with E-state index in [9.17, 15) is 35.5 Å². The minimum absolute atomic E-state index is 0.120. The van der Waals surface area contributed by atoms with Crippen LogP contribution in [-0.4, -0.2) is 37.9 Å². The fourth-order valence-corrected chi connectivity index (χ4v) is 6.49. The average molecular weight is 725 g/mol. The van der Waals surface area contributed by atoms with Crippen LogP contribution in [0.4, 0.5) is 44.6 Å². The van der Waals surface area contributed by atoms with Gasteiger partial charge in [-0.05, 0) is 106 Å². The smallest absolute Gasteiger partial charge is 0.323 e. The van der Waals surface area contributed by atoms with Crippen molar-refractivity contribution in [3.05, 3.63) is 115 Å². The molecule has 0 saturated carbocycles. The highest BCUT2D eigenvalue weighted by atomic mass is 32.2. The van der Waals surface area contributed by atoms with E-state index < -0.39 is 31.2 Å². The number of amides is 3. The van der Waals surface area contributed by atoms with Crippen molar-refractivity contribution in [3.63, 3.8) is 0 Å². The number of hydrogen-bond acceptors (Lipinski definition) is 9. The molecule has 0 aromatic heterocycles. The Balaban J connectivity index is 1.21. The van der Waals surface area contributed by atoms with Gasteiger partial charge in [0.15, 0.2) is 0 Å². The summed E-state index contributed by atoms with van der Waals surface area (Å²) in [6.45, 7) is 1.37. The van der Waals surface area contributed by atoms with Gasteiger partial charge in [0.25, 0.3) is 20.2 Å². The number of anilines is 5. The normalized spacial score (nSPS) is 11.8. The molecule has 0 radical (unpaired) electrons. The number of azo groups is 1. The summed E-state index contributed by atoms with van der Waals surface area (Å²) in [5.74, 6) is -0.243. The number of para-hydroxylation sites is 1. The van der Waals surface area contributed by atoms with Crippen molar-refractivity contribution in [2.45, 2.75) is 16.7 Å². The lowest BCUT2D eigenvalue weighted by Crippen LogP contribution is -2.19. The Hall–Kier alpha value is -6.20. The third kappa shape index (κ3) is 8.52. The molecule has 6 aromatic rings. The van der Waals surface area contributed by atoms with Crippen molar-refractivity contribution in [3.8, 4) is 0 Å². The average Bonchev–Trinajstić information content (AvgIpc) is 3.06. The van der Waals surface area contributed by atoms with Crippen LogP contribution < -0.4 is 21.3 Å². The second kappa shape index (κ2) is 14.0. The number of nitrogens with one attached hydrogen (secondary N) is 4. The maximum Gasteiger partial charge on any atom is 0.323 e. The zero-order valence-corrected chi connectivity index (χ0v) is 28.2. The third-order valence-electron chi connectivity index (χ3n) is 7.44. The van der Waals surface area contributed by atoms with Crippen LogP contribution >= 0.6 is 0 Å². The summed E-state index contributed by atoms with van der Waals surface area (Å²) >= 11 is 0. The van der Waals surface area contributed by atoms with Gasteiger partial charge in [0, 0.05) is 29.7 Å². The molecule has 0 heterocycles. The lowest BCUT2D eigenvalue weighted by molar-refractivity contribution is -0.114. The maximum absolute atomic E-state index is 13.0. The first-order valence-electron chi connectivity index (χ1n) is 15.0. The van der Waals surface area contributed by atoms with Crippen molar-refractivity contribution in [1.82, 2.24) is 0 Å². The van der Waals surface area contributed by atoms with Crippen molar-refractivity contribution in [2.24, 2.45) is 10.2 Å². The predicted octanol–water partition coefficient (Wildman–Crippen LogP) is 8.25. The molecule has 6 N–H and O–H groups in total. The standard InChI is InChI=1S/C35H28N6O8S2/c1-21(42)36-27-11-13-28(14-12-27)40-41-32-18-23-8-10-30(16-25(23)20-34(32)51(47,48)49)39-35(43)38-29-9-7-22-17-31(37-26-5-3-2-4-6-26)33(50(44,45)46)19-24(22)15-29/h2-20,37H,1H3,(H,36,42)(H2,38,39,43)(H,44,45,46)(H,47,48,49). The maximum atomic E-state index is 13.0. The van der Waals surface area contributed by atoms with Gasteiger partial charge < -0.3 is 21.3 Å². The number of carbonyl (C=O) groups is 2. The van der Waals surface area contributed by atoms with E-state index in [4.69, 9.17) is 0 Å². The first kappa shape index (κ1) is 34.7. The molecule has 6 aromatic carbocycles. The molecule has 3 amide bonds. The van der Waals surface area contributed by atoms with E-state index >= 15 is 0 Å². The summed E-state index contributed by atoms with van der Waals surface area (Å²) in [5, 5.41) is 21.0. The molecule has 0 atom stereocenters. The van der Waals surface area contributed by atoms with Crippen molar-refractivity contribution >= 4 is 93.5 Å². The Kier molecular flexibility index (Phi) is 9.49. The van der Waals surface area contributed by atoms with Gasteiger partial charge in [-0.2, -0.15) is 21.9 Å². The van der Waals surface area contributed by atoms with E-state index in [1.165, 1.54) is 31.2 Å². The van der Waals surface area contributed by atoms with Gasteiger partial charge in [0.1, 0.15) is 15.5 Å². The Bertz CT molecular complexity index is 2580. The number of carbonyl (C=O) groups excluding carboxylic acids is 2. The molecule has 51 heavy (non-hydrogen) atoms. The first-order valence-corrected chi connectivity index (χ1v) is 17.9. The second-order valence-corrected chi connectivity index (χ2v) is 14.0. The summed E-state index contributed by atoms with van der Waals surface area (Å²) in [6, 6.07) is 29.6. The first-order chi connectivity index (χ1) is 24.2. The van der Waals surface area contributed by atoms with Gasteiger partial charge in [-0.25, -0.2) is 4.79 Å². The zero-order chi connectivity index (χ0) is 36.3. The van der Waals surface area contributed by atoms with Gasteiger partial charge in [0.2, 0.25) is 5.91 Å². The van der Waals surface area contributed by atoms with E-state index in [0.29, 0.717) is 50.0 Å². The SMILES string of the molecule is CC(=O)Nc1ccc(N=Nc2cc3ccc(NC(=O)Nc4ccc5cc(Nc6ccccc6)c(S(=O)(=O)O)cc5c4)cc3cc2S(=O)(=O)O)cc1. The molecule has 14 nitrogen and oxygen atoms in total. The van der Waals surface area contributed by atoms with Gasteiger partial charge in [-0.15, -0.1) is 5.11 Å².